The van der Waals surface area contributed by atoms with Crippen molar-refractivity contribution in [2.75, 3.05) is 6.66 Å². The molecule has 0 aromatic rings. The first-order chi connectivity index (χ1) is 8.52. The van der Waals surface area contributed by atoms with Gasteiger partial charge in [0.25, 0.3) is 0 Å². The smallest absolute Gasteiger partial charge is 0.0112 e. The lowest BCUT2D eigenvalue weighted by molar-refractivity contribution is 0.301. The molecule has 3 heteroatoms. The molecule has 0 spiro atoms. The summed E-state index contributed by atoms with van der Waals surface area (Å²) in [7, 11) is 2.42. The molecule has 4 N–H and O–H groups in total. The zero-order valence-electron chi connectivity index (χ0n) is 14.8. The Morgan fingerprint density at radius 2 is 1.26 bits per heavy atom. The van der Waals surface area contributed by atoms with Crippen LogP contribution in [0.1, 0.15) is 80.6 Å². The van der Waals surface area contributed by atoms with Crippen LogP contribution in [0.2, 0.25) is 0 Å². The van der Waals surface area contributed by atoms with Gasteiger partial charge >= 0.3 is 0 Å². The van der Waals surface area contributed by atoms with Crippen LogP contribution in [0.3, 0.4) is 0 Å². The van der Waals surface area contributed by atoms with Crippen molar-refractivity contribution in [2.45, 2.75) is 92.2 Å². The van der Waals surface area contributed by atoms with Crippen LogP contribution in [-0.2, 0) is 0 Å². The van der Waals surface area contributed by atoms with Crippen LogP contribution >= 0.6 is 9.24 Å². The zero-order chi connectivity index (χ0) is 16.1. The molecule has 2 nitrogen and oxygen atoms in total. The van der Waals surface area contributed by atoms with Gasteiger partial charge in [-0.3, -0.25) is 0 Å². The predicted molar refractivity (Wildman–Crippen MR) is 95.8 cm³/mol. The number of hydrogen-bond donors (Lipinski definition) is 2. The Bertz CT molecular complexity index is 151. The first-order valence-electron chi connectivity index (χ1n) is 7.64. The fourth-order valence-corrected chi connectivity index (χ4v) is 1.89. The van der Waals surface area contributed by atoms with Gasteiger partial charge < -0.3 is 11.5 Å². The maximum atomic E-state index is 5.97. The van der Waals surface area contributed by atoms with Crippen LogP contribution in [0.15, 0.2) is 0 Å². The molecular weight excluding hydrogens is 251 g/mol. The van der Waals surface area contributed by atoms with Gasteiger partial charge in [-0.2, -0.15) is 0 Å². The lowest BCUT2D eigenvalue weighted by Gasteiger charge is -2.28. The van der Waals surface area contributed by atoms with E-state index in [4.69, 9.17) is 11.5 Å². The van der Waals surface area contributed by atoms with Gasteiger partial charge in [0.05, 0.1) is 0 Å². The lowest BCUT2D eigenvalue weighted by Crippen LogP contribution is -2.40. The molecule has 0 aromatic heterocycles. The summed E-state index contributed by atoms with van der Waals surface area (Å²) < 4.78 is 0. The quantitative estimate of drug-likeness (QED) is 0.729. The van der Waals surface area contributed by atoms with Crippen molar-refractivity contribution in [1.29, 1.82) is 0 Å². The van der Waals surface area contributed by atoms with Crippen LogP contribution in [0, 0.1) is 5.41 Å². The van der Waals surface area contributed by atoms with Crippen molar-refractivity contribution in [1.82, 2.24) is 0 Å². The van der Waals surface area contributed by atoms with Crippen molar-refractivity contribution in [3.05, 3.63) is 0 Å². The summed E-state index contributed by atoms with van der Waals surface area (Å²) in [5.41, 5.74) is 12.0. The second-order valence-corrected chi connectivity index (χ2v) is 7.07. The predicted octanol–water partition coefficient (Wildman–Crippen LogP) is 4.57. The van der Waals surface area contributed by atoms with Gasteiger partial charge in [0.1, 0.15) is 0 Å². The summed E-state index contributed by atoms with van der Waals surface area (Å²) >= 11 is 0. The normalized spacial score (nSPS) is 12.8. The van der Waals surface area contributed by atoms with Crippen molar-refractivity contribution in [3.63, 3.8) is 0 Å². The molecule has 0 heterocycles. The molecular formula is C16H41N2P. The molecule has 0 amide bonds. The molecule has 2 unspecified atom stereocenters. The Kier molecular flexibility index (Phi) is 17.1. The van der Waals surface area contributed by atoms with Crippen LogP contribution in [-0.4, -0.2) is 18.2 Å². The molecule has 0 aliphatic heterocycles. The lowest BCUT2D eigenvalue weighted by atomic mass is 9.84. The third-order valence-electron chi connectivity index (χ3n) is 2.37. The van der Waals surface area contributed by atoms with Crippen molar-refractivity contribution < 1.29 is 0 Å². The Hall–Kier alpha value is 0.350. The maximum absolute atomic E-state index is 5.97. The average molecular weight is 292 g/mol. The van der Waals surface area contributed by atoms with Crippen LogP contribution in [0.5, 0.6) is 0 Å². The fraction of sp³-hybridized carbons (Fsp3) is 1.00. The number of hydrogen-bond acceptors (Lipinski definition) is 2. The van der Waals surface area contributed by atoms with E-state index in [1.54, 1.807) is 0 Å². The highest BCUT2D eigenvalue weighted by molar-refractivity contribution is 7.15. The molecule has 0 aliphatic rings. The Morgan fingerprint density at radius 1 is 0.895 bits per heavy atom. The largest absolute Gasteiger partial charge is 0.328 e. The van der Waals surface area contributed by atoms with Crippen LogP contribution < -0.4 is 11.5 Å². The molecule has 19 heavy (non-hydrogen) atoms. The summed E-state index contributed by atoms with van der Waals surface area (Å²) in [6, 6.07) is 0.227. The van der Waals surface area contributed by atoms with Gasteiger partial charge in [-0.25, -0.2) is 0 Å². The van der Waals surface area contributed by atoms with Gasteiger partial charge in [0.15, 0.2) is 0 Å². The fourth-order valence-electron chi connectivity index (χ4n) is 1.89. The van der Waals surface area contributed by atoms with Gasteiger partial charge in [-0.05, 0) is 32.1 Å². The van der Waals surface area contributed by atoms with Gasteiger partial charge in [-0.1, -0.05) is 60.5 Å². The van der Waals surface area contributed by atoms with E-state index in [0.717, 1.165) is 12.8 Å². The molecule has 0 fully saturated rings. The molecule has 0 rings (SSSR count). The second-order valence-electron chi connectivity index (χ2n) is 7.07. The molecule has 0 radical (unpaired) electrons. The molecule has 2 atom stereocenters. The van der Waals surface area contributed by atoms with E-state index in [2.05, 4.69) is 43.9 Å². The summed E-state index contributed by atoms with van der Waals surface area (Å²) in [6.07, 6.45) is 6.00. The summed E-state index contributed by atoms with van der Waals surface area (Å²) in [6.45, 7) is 17.0. The topological polar surface area (TPSA) is 52.0 Å². The minimum absolute atomic E-state index is 0.134. The third-order valence-corrected chi connectivity index (χ3v) is 2.37. The highest BCUT2D eigenvalue weighted by Crippen LogP contribution is 2.22. The van der Waals surface area contributed by atoms with E-state index in [1.807, 2.05) is 20.5 Å². The van der Waals surface area contributed by atoms with Gasteiger partial charge in [0, 0.05) is 11.6 Å². The highest BCUT2D eigenvalue weighted by atomic mass is 31.0. The van der Waals surface area contributed by atoms with Crippen molar-refractivity contribution >= 4 is 9.24 Å². The highest BCUT2D eigenvalue weighted by Gasteiger charge is 2.20. The molecule has 120 valence electrons. The summed E-state index contributed by atoms with van der Waals surface area (Å²) in [5.74, 6) is 0. The van der Waals surface area contributed by atoms with Crippen molar-refractivity contribution in [3.8, 4) is 0 Å². The van der Waals surface area contributed by atoms with E-state index < -0.39 is 0 Å². The van der Waals surface area contributed by atoms with Crippen LogP contribution in [0.25, 0.3) is 0 Å². The van der Waals surface area contributed by atoms with E-state index in [-0.39, 0.29) is 11.6 Å². The SMILES string of the molecule is CC(C)(C)CC(N)CC(C)(C)N.CCCCC.CP. The second kappa shape index (κ2) is 13.3. The standard InChI is InChI=1S/C10H24N2.C5H12.CH5P/c1-9(2,3)6-8(11)7-10(4,5)12;1-3-5-4-2;1-2/h8H,6-7,11-12H2,1-5H3;3-5H2,1-2H3;2H2,1H3. The number of rotatable bonds is 5. The average Bonchev–Trinajstić information content (AvgIpc) is 2.16. The van der Waals surface area contributed by atoms with E-state index in [9.17, 15) is 0 Å². The maximum Gasteiger partial charge on any atom is 0.0112 e. The van der Waals surface area contributed by atoms with E-state index >= 15 is 0 Å². The zero-order valence-corrected chi connectivity index (χ0v) is 16.0. The monoisotopic (exact) mass is 292 g/mol. The molecule has 0 aromatic carbocycles. The Balaban J connectivity index is -0.000000307. The van der Waals surface area contributed by atoms with Gasteiger partial charge in [-0.15, -0.1) is 9.24 Å². The minimum atomic E-state index is -0.134. The van der Waals surface area contributed by atoms with Crippen LogP contribution in [0.4, 0.5) is 0 Å². The molecule has 0 saturated carbocycles. The Morgan fingerprint density at radius 3 is 1.42 bits per heavy atom. The molecule has 0 aliphatic carbocycles. The van der Waals surface area contributed by atoms with Gasteiger partial charge in [0.2, 0.25) is 0 Å². The first-order valence-corrected chi connectivity index (χ1v) is 8.79. The number of unbranched alkanes of at least 4 members (excludes halogenated alkanes) is 2. The molecule has 0 bridgehead atoms. The van der Waals surface area contributed by atoms with E-state index in [0.29, 0.717) is 5.41 Å². The minimum Gasteiger partial charge on any atom is -0.328 e. The van der Waals surface area contributed by atoms with Crippen molar-refractivity contribution in [2.24, 2.45) is 16.9 Å². The molecule has 0 saturated heterocycles. The Labute approximate surface area is 125 Å². The summed E-state index contributed by atoms with van der Waals surface area (Å²) in [5, 5.41) is 0. The first kappa shape index (κ1) is 24.4. The summed E-state index contributed by atoms with van der Waals surface area (Å²) in [4.78, 5) is 0. The van der Waals surface area contributed by atoms with E-state index in [1.165, 1.54) is 19.3 Å². The third kappa shape index (κ3) is 32.2. The number of nitrogens with two attached hydrogens (primary N) is 2.